The lowest BCUT2D eigenvalue weighted by Crippen LogP contribution is -2.19. The summed E-state index contributed by atoms with van der Waals surface area (Å²) >= 11 is 0. The second-order valence-electron chi connectivity index (χ2n) is 4.22. The van der Waals surface area contributed by atoms with Crippen molar-refractivity contribution < 1.29 is 32.2 Å². The number of halogens is 3. The number of anilines is 1. The van der Waals surface area contributed by atoms with Gasteiger partial charge in [0.2, 0.25) is 0 Å². The molecule has 5 nitrogen and oxygen atoms in total. The summed E-state index contributed by atoms with van der Waals surface area (Å²) in [6.45, 7) is 3.19. The van der Waals surface area contributed by atoms with Crippen molar-refractivity contribution in [2.45, 2.75) is 20.0 Å². The van der Waals surface area contributed by atoms with Crippen LogP contribution in [0, 0.1) is 0 Å². The maximum atomic E-state index is 12.6. The first-order valence-electron chi connectivity index (χ1n) is 6.77. The van der Waals surface area contributed by atoms with Gasteiger partial charge in [0, 0.05) is 11.9 Å². The highest BCUT2D eigenvalue weighted by molar-refractivity contribution is 6.14. The van der Waals surface area contributed by atoms with E-state index in [1.54, 1.807) is 13.8 Å². The summed E-state index contributed by atoms with van der Waals surface area (Å²) in [4.78, 5) is 23.4. The molecule has 1 aromatic rings. The van der Waals surface area contributed by atoms with Crippen molar-refractivity contribution in [3.8, 4) is 0 Å². The Kier molecular flexibility index (Phi) is 6.62. The molecular weight excluding hydrogens is 315 g/mol. The Morgan fingerprint density at radius 2 is 1.70 bits per heavy atom. The monoisotopic (exact) mass is 331 g/mol. The molecule has 8 heteroatoms. The van der Waals surface area contributed by atoms with Crippen molar-refractivity contribution in [2.75, 3.05) is 18.5 Å². The quantitative estimate of drug-likeness (QED) is 0.375. The molecule has 0 radical (unpaired) electrons. The second-order valence-corrected chi connectivity index (χ2v) is 4.22. The zero-order valence-electron chi connectivity index (χ0n) is 12.6. The average molecular weight is 331 g/mol. The molecular formula is C15H16F3NO4. The van der Waals surface area contributed by atoms with E-state index in [9.17, 15) is 22.8 Å². The Balaban J connectivity index is 3.00. The molecule has 0 fully saturated rings. The van der Waals surface area contributed by atoms with Crippen LogP contribution in [0.5, 0.6) is 0 Å². The number of hydrogen-bond donors (Lipinski definition) is 1. The van der Waals surface area contributed by atoms with Gasteiger partial charge in [0.25, 0.3) is 0 Å². The zero-order valence-corrected chi connectivity index (χ0v) is 12.6. The molecule has 0 saturated carbocycles. The van der Waals surface area contributed by atoms with E-state index < -0.39 is 29.3 Å². The smallest absolute Gasteiger partial charge is 0.416 e. The van der Waals surface area contributed by atoms with Crippen molar-refractivity contribution in [1.29, 1.82) is 0 Å². The number of alkyl halides is 3. The fourth-order valence-electron chi connectivity index (χ4n) is 1.56. The third-order valence-electron chi connectivity index (χ3n) is 2.56. The van der Waals surface area contributed by atoms with Crippen molar-refractivity contribution >= 4 is 17.6 Å². The van der Waals surface area contributed by atoms with E-state index in [1.807, 2.05) is 0 Å². The number of ether oxygens (including phenoxy) is 2. The number of carbonyl (C=O) groups excluding carboxylic acids is 2. The third kappa shape index (κ3) is 5.65. The molecule has 0 bridgehead atoms. The van der Waals surface area contributed by atoms with Crippen molar-refractivity contribution in [2.24, 2.45) is 0 Å². The molecule has 0 atom stereocenters. The molecule has 126 valence electrons. The number of rotatable bonds is 6. The summed E-state index contributed by atoms with van der Waals surface area (Å²) in [7, 11) is 0. The van der Waals surface area contributed by atoms with Crippen LogP contribution in [0.15, 0.2) is 36.0 Å². The van der Waals surface area contributed by atoms with Crippen molar-refractivity contribution in [1.82, 2.24) is 0 Å². The summed E-state index contributed by atoms with van der Waals surface area (Å²) in [5.74, 6) is -1.85. The van der Waals surface area contributed by atoms with Crippen LogP contribution in [0.2, 0.25) is 0 Å². The van der Waals surface area contributed by atoms with Crippen LogP contribution in [0.1, 0.15) is 19.4 Å². The van der Waals surface area contributed by atoms with E-state index in [-0.39, 0.29) is 18.9 Å². The van der Waals surface area contributed by atoms with Crippen molar-refractivity contribution in [3.05, 3.63) is 41.6 Å². The maximum absolute atomic E-state index is 12.6. The molecule has 0 aromatic heterocycles. The summed E-state index contributed by atoms with van der Waals surface area (Å²) in [5, 5.41) is 2.47. The Bertz CT molecular complexity index is 577. The highest BCUT2D eigenvalue weighted by Crippen LogP contribution is 2.30. The van der Waals surface area contributed by atoms with E-state index in [2.05, 4.69) is 5.32 Å². The normalized spacial score (nSPS) is 10.7. The van der Waals surface area contributed by atoms with Gasteiger partial charge >= 0.3 is 18.1 Å². The summed E-state index contributed by atoms with van der Waals surface area (Å²) in [6, 6.07) is 4.32. The summed E-state index contributed by atoms with van der Waals surface area (Å²) in [5.41, 5.74) is -1.23. The van der Waals surface area contributed by atoms with E-state index in [0.717, 1.165) is 18.3 Å². The Morgan fingerprint density at radius 1 is 1.13 bits per heavy atom. The molecule has 0 aliphatic heterocycles. The molecule has 0 unspecified atom stereocenters. The predicted molar refractivity (Wildman–Crippen MR) is 76.4 cm³/mol. The maximum Gasteiger partial charge on any atom is 0.416 e. The largest absolute Gasteiger partial charge is 0.462 e. The molecule has 0 spiro atoms. The van der Waals surface area contributed by atoms with Gasteiger partial charge in [0.05, 0.1) is 18.8 Å². The van der Waals surface area contributed by atoms with Gasteiger partial charge in [0.15, 0.2) is 5.57 Å². The molecule has 1 rings (SSSR count). The van der Waals surface area contributed by atoms with E-state index in [1.165, 1.54) is 12.1 Å². The molecule has 0 aliphatic carbocycles. The van der Waals surface area contributed by atoms with Gasteiger partial charge in [-0.2, -0.15) is 13.2 Å². The minimum Gasteiger partial charge on any atom is -0.462 e. The summed E-state index contributed by atoms with van der Waals surface area (Å²) in [6.07, 6.45) is -3.53. The number of hydrogen-bond acceptors (Lipinski definition) is 5. The number of benzene rings is 1. The van der Waals surface area contributed by atoms with Gasteiger partial charge in [-0.25, -0.2) is 9.59 Å². The SMILES string of the molecule is CCOC(=O)C(=CNc1cccc(C(F)(F)F)c1)C(=O)OCC. The third-order valence-corrected chi connectivity index (χ3v) is 2.56. The Hall–Kier alpha value is -2.51. The molecule has 0 aliphatic rings. The average Bonchev–Trinajstić information content (AvgIpc) is 2.47. The van der Waals surface area contributed by atoms with Crippen LogP contribution >= 0.6 is 0 Å². The standard InChI is InChI=1S/C15H16F3NO4/c1-3-22-13(20)12(14(21)23-4-2)9-19-11-7-5-6-10(8-11)15(16,17)18/h5-9,19H,3-4H2,1-2H3. The number of nitrogens with one attached hydrogen (secondary N) is 1. The molecule has 0 heterocycles. The van der Waals surface area contributed by atoms with Gasteiger partial charge < -0.3 is 14.8 Å². The summed E-state index contributed by atoms with van der Waals surface area (Å²) < 4.78 is 47.3. The lowest BCUT2D eigenvalue weighted by Gasteiger charge is -2.10. The fraction of sp³-hybridized carbons (Fsp3) is 0.333. The zero-order chi connectivity index (χ0) is 17.5. The lowest BCUT2D eigenvalue weighted by molar-refractivity contribution is -0.146. The number of esters is 2. The second kappa shape index (κ2) is 8.21. The van der Waals surface area contributed by atoms with E-state index in [0.29, 0.717) is 0 Å². The molecule has 1 N–H and O–H groups in total. The fourth-order valence-corrected chi connectivity index (χ4v) is 1.56. The van der Waals surface area contributed by atoms with Crippen LogP contribution < -0.4 is 5.32 Å². The minimum atomic E-state index is -4.49. The van der Waals surface area contributed by atoms with Crippen LogP contribution in [-0.4, -0.2) is 25.2 Å². The van der Waals surface area contributed by atoms with Gasteiger partial charge in [-0.15, -0.1) is 0 Å². The van der Waals surface area contributed by atoms with Gasteiger partial charge in [0.1, 0.15) is 0 Å². The topological polar surface area (TPSA) is 64.6 Å². The molecule has 0 saturated heterocycles. The molecule has 23 heavy (non-hydrogen) atoms. The minimum absolute atomic E-state index is 0.0408. The lowest BCUT2D eigenvalue weighted by atomic mass is 10.2. The van der Waals surface area contributed by atoms with Gasteiger partial charge in [-0.3, -0.25) is 0 Å². The highest BCUT2D eigenvalue weighted by Gasteiger charge is 2.30. The van der Waals surface area contributed by atoms with E-state index >= 15 is 0 Å². The first-order chi connectivity index (χ1) is 10.8. The van der Waals surface area contributed by atoms with Crippen LogP contribution in [-0.2, 0) is 25.2 Å². The van der Waals surface area contributed by atoms with Gasteiger partial charge in [-0.1, -0.05) is 6.07 Å². The first kappa shape index (κ1) is 18.5. The Morgan fingerprint density at radius 3 is 2.17 bits per heavy atom. The molecule has 0 amide bonds. The van der Waals surface area contributed by atoms with Crippen LogP contribution in [0.3, 0.4) is 0 Å². The van der Waals surface area contributed by atoms with E-state index in [4.69, 9.17) is 9.47 Å². The first-order valence-corrected chi connectivity index (χ1v) is 6.77. The highest BCUT2D eigenvalue weighted by atomic mass is 19.4. The van der Waals surface area contributed by atoms with Crippen molar-refractivity contribution in [3.63, 3.8) is 0 Å². The van der Waals surface area contributed by atoms with Crippen LogP contribution in [0.25, 0.3) is 0 Å². The molecule has 1 aromatic carbocycles. The number of carbonyl (C=O) groups is 2. The van der Waals surface area contributed by atoms with Gasteiger partial charge in [-0.05, 0) is 32.0 Å². The van der Waals surface area contributed by atoms with Crippen LogP contribution in [0.4, 0.5) is 18.9 Å². The predicted octanol–water partition coefficient (Wildman–Crippen LogP) is 3.13. The Labute approximate surface area is 131 Å².